The van der Waals surface area contributed by atoms with E-state index < -0.39 is 5.97 Å². The molecule has 2 rings (SSSR count). The zero-order valence-electron chi connectivity index (χ0n) is 9.93. The molecule has 5 heteroatoms. The van der Waals surface area contributed by atoms with Gasteiger partial charge in [-0.05, 0) is 57.9 Å². The number of aromatic carboxylic acids is 1. The lowest BCUT2D eigenvalue weighted by Gasteiger charge is -2.08. The van der Waals surface area contributed by atoms with Crippen molar-refractivity contribution in [2.45, 2.75) is 6.54 Å². The Balaban J connectivity index is 2.01. The van der Waals surface area contributed by atoms with Crippen LogP contribution in [-0.4, -0.2) is 16.2 Å². The number of halogens is 1. The van der Waals surface area contributed by atoms with Crippen LogP contribution in [0.15, 0.2) is 46.9 Å². The number of hydrogen-bond acceptors (Lipinski definition) is 3. The van der Waals surface area contributed by atoms with Crippen LogP contribution in [0.25, 0.3) is 0 Å². The Morgan fingerprint density at radius 3 is 2.42 bits per heavy atom. The fourth-order valence-electron chi connectivity index (χ4n) is 1.60. The highest BCUT2D eigenvalue weighted by Crippen LogP contribution is 2.24. The summed E-state index contributed by atoms with van der Waals surface area (Å²) in [5.74, 6) is -0.733. The molecule has 0 saturated carbocycles. The monoisotopic (exact) mass is 321 g/mol. The molecule has 98 valence electrons. The van der Waals surface area contributed by atoms with E-state index in [0.29, 0.717) is 11.0 Å². The minimum atomic E-state index is -0.936. The van der Waals surface area contributed by atoms with Crippen molar-refractivity contribution in [1.29, 1.82) is 0 Å². The molecule has 19 heavy (non-hydrogen) atoms. The number of anilines is 1. The van der Waals surface area contributed by atoms with E-state index >= 15 is 0 Å². The van der Waals surface area contributed by atoms with Gasteiger partial charge in [0.2, 0.25) is 0 Å². The number of aromatic hydroxyl groups is 1. The SMILES string of the molecule is O=C(O)c1ccc(NCc2ccc(O)c(Br)c2)cc1. The van der Waals surface area contributed by atoms with Crippen LogP contribution in [0.3, 0.4) is 0 Å². The van der Waals surface area contributed by atoms with Crippen LogP contribution < -0.4 is 5.32 Å². The standard InChI is InChI=1S/C14H12BrNO3/c15-12-7-9(1-6-13(12)17)8-16-11-4-2-10(3-5-11)14(18)19/h1-7,16-17H,8H2,(H,18,19). The highest BCUT2D eigenvalue weighted by molar-refractivity contribution is 9.10. The van der Waals surface area contributed by atoms with Gasteiger partial charge >= 0.3 is 5.97 Å². The van der Waals surface area contributed by atoms with Gasteiger partial charge in [0.25, 0.3) is 0 Å². The van der Waals surface area contributed by atoms with Gasteiger partial charge in [0.1, 0.15) is 5.75 Å². The van der Waals surface area contributed by atoms with Crippen LogP contribution in [0.1, 0.15) is 15.9 Å². The first-order chi connectivity index (χ1) is 9.06. The van der Waals surface area contributed by atoms with Gasteiger partial charge in [-0.25, -0.2) is 4.79 Å². The Bertz CT molecular complexity index is 596. The average molecular weight is 322 g/mol. The van der Waals surface area contributed by atoms with E-state index in [2.05, 4.69) is 21.2 Å². The third-order valence-corrected chi connectivity index (χ3v) is 3.28. The van der Waals surface area contributed by atoms with Crippen molar-refractivity contribution in [3.63, 3.8) is 0 Å². The second-order valence-electron chi connectivity index (χ2n) is 4.02. The van der Waals surface area contributed by atoms with Crippen LogP contribution in [0, 0.1) is 0 Å². The van der Waals surface area contributed by atoms with Crippen molar-refractivity contribution in [1.82, 2.24) is 0 Å². The fourth-order valence-corrected chi connectivity index (χ4v) is 2.02. The van der Waals surface area contributed by atoms with E-state index in [-0.39, 0.29) is 11.3 Å². The number of hydrogen-bond donors (Lipinski definition) is 3. The van der Waals surface area contributed by atoms with E-state index in [1.807, 2.05) is 12.1 Å². The number of phenolic OH excluding ortho intramolecular Hbond substituents is 1. The summed E-state index contributed by atoms with van der Waals surface area (Å²) in [5, 5.41) is 21.4. The first-order valence-corrected chi connectivity index (χ1v) is 6.40. The fraction of sp³-hybridized carbons (Fsp3) is 0.0714. The minimum absolute atomic E-state index is 0.203. The van der Waals surface area contributed by atoms with Gasteiger partial charge in [-0.3, -0.25) is 0 Å². The maximum absolute atomic E-state index is 10.7. The number of carboxylic acids is 1. The molecule has 0 atom stereocenters. The Morgan fingerprint density at radius 2 is 1.84 bits per heavy atom. The van der Waals surface area contributed by atoms with Crippen LogP contribution >= 0.6 is 15.9 Å². The van der Waals surface area contributed by atoms with Gasteiger partial charge in [-0.15, -0.1) is 0 Å². The third kappa shape index (κ3) is 3.48. The molecular weight excluding hydrogens is 310 g/mol. The Labute approximate surface area is 118 Å². The molecular formula is C14H12BrNO3. The van der Waals surface area contributed by atoms with Crippen LogP contribution in [0.2, 0.25) is 0 Å². The molecule has 0 aliphatic carbocycles. The first-order valence-electron chi connectivity index (χ1n) is 5.61. The summed E-state index contributed by atoms with van der Waals surface area (Å²) in [6.45, 7) is 0.589. The first kappa shape index (κ1) is 13.4. The van der Waals surface area contributed by atoms with Crippen LogP contribution in [-0.2, 0) is 6.54 Å². The third-order valence-electron chi connectivity index (χ3n) is 2.64. The molecule has 3 N–H and O–H groups in total. The van der Waals surface area contributed by atoms with Gasteiger partial charge in [0.15, 0.2) is 0 Å². The second kappa shape index (κ2) is 5.75. The van der Waals surface area contributed by atoms with E-state index in [0.717, 1.165) is 11.3 Å². The Morgan fingerprint density at radius 1 is 1.16 bits per heavy atom. The number of benzene rings is 2. The van der Waals surface area contributed by atoms with Crippen molar-refractivity contribution < 1.29 is 15.0 Å². The summed E-state index contributed by atoms with van der Waals surface area (Å²) < 4.78 is 0.646. The molecule has 0 saturated heterocycles. The zero-order valence-corrected chi connectivity index (χ0v) is 11.5. The van der Waals surface area contributed by atoms with Crippen molar-refractivity contribution in [3.8, 4) is 5.75 Å². The lowest BCUT2D eigenvalue weighted by Crippen LogP contribution is -2.00. The van der Waals surface area contributed by atoms with Gasteiger partial charge in [0, 0.05) is 12.2 Å². The summed E-state index contributed by atoms with van der Waals surface area (Å²) in [6.07, 6.45) is 0. The molecule has 2 aromatic carbocycles. The highest BCUT2D eigenvalue weighted by Gasteiger charge is 2.02. The topological polar surface area (TPSA) is 69.6 Å². The molecule has 0 fully saturated rings. The number of carbonyl (C=O) groups is 1. The number of phenols is 1. The van der Waals surface area contributed by atoms with Crippen molar-refractivity contribution in [2.75, 3.05) is 5.32 Å². The zero-order chi connectivity index (χ0) is 13.8. The minimum Gasteiger partial charge on any atom is -0.507 e. The average Bonchev–Trinajstić information content (AvgIpc) is 2.40. The molecule has 0 unspecified atom stereocenters. The van der Waals surface area contributed by atoms with Crippen molar-refractivity contribution in [2.24, 2.45) is 0 Å². The summed E-state index contributed by atoms with van der Waals surface area (Å²) in [4.78, 5) is 10.7. The molecule has 0 aromatic heterocycles. The summed E-state index contributed by atoms with van der Waals surface area (Å²) >= 11 is 3.25. The summed E-state index contributed by atoms with van der Waals surface area (Å²) in [5.41, 5.74) is 2.11. The van der Waals surface area contributed by atoms with Crippen molar-refractivity contribution >= 4 is 27.6 Å². The van der Waals surface area contributed by atoms with Gasteiger partial charge in [-0.1, -0.05) is 6.07 Å². The summed E-state index contributed by atoms with van der Waals surface area (Å²) in [6, 6.07) is 11.8. The molecule has 2 aromatic rings. The molecule has 0 aliphatic rings. The smallest absolute Gasteiger partial charge is 0.335 e. The molecule has 0 radical (unpaired) electrons. The maximum Gasteiger partial charge on any atom is 0.335 e. The summed E-state index contributed by atoms with van der Waals surface area (Å²) in [7, 11) is 0. The Kier molecular flexibility index (Phi) is 4.06. The van der Waals surface area contributed by atoms with E-state index in [9.17, 15) is 9.90 Å². The Hall–Kier alpha value is -2.01. The second-order valence-corrected chi connectivity index (χ2v) is 4.88. The molecule has 4 nitrogen and oxygen atoms in total. The van der Waals surface area contributed by atoms with Crippen LogP contribution in [0.5, 0.6) is 5.75 Å². The van der Waals surface area contributed by atoms with Gasteiger partial charge in [0.05, 0.1) is 10.0 Å². The number of nitrogens with one attached hydrogen (secondary N) is 1. The lowest BCUT2D eigenvalue weighted by molar-refractivity contribution is 0.0697. The predicted molar refractivity (Wildman–Crippen MR) is 76.5 cm³/mol. The molecule has 0 bridgehead atoms. The van der Waals surface area contributed by atoms with E-state index in [1.165, 1.54) is 0 Å². The van der Waals surface area contributed by atoms with Gasteiger partial charge < -0.3 is 15.5 Å². The van der Waals surface area contributed by atoms with E-state index in [1.54, 1.807) is 30.3 Å². The number of carboxylic acid groups (broad SMARTS) is 1. The van der Waals surface area contributed by atoms with Crippen molar-refractivity contribution in [3.05, 3.63) is 58.1 Å². The number of rotatable bonds is 4. The maximum atomic E-state index is 10.7. The molecule has 0 spiro atoms. The van der Waals surface area contributed by atoms with Gasteiger partial charge in [-0.2, -0.15) is 0 Å². The quantitative estimate of drug-likeness (QED) is 0.806. The lowest BCUT2D eigenvalue weighted by atomic mass is 10.2. The highest BCUT2D eigenvalue weighted by atomic mass is 79.9. The largest absolute Gasteiger partial charge is 0.507 e. The molecule has 0 aliphatic heterocycles. The molecule has 0 amide bonds. The van der Waals surface area contributed by atoms with E-state index in [4.69, 9.17) is 5.11 Å². The van der Waals surface area contributed by atoms with Crippen LogP contribution in [0.4, 0.5) is 5.69 Å². The molecule has 0 heterocycles. The normalized spacial score (nSPS) is 10.2. The predicted octanol–water partition coefficient (Wildman–Crippen LogP) is 3.47.